The van der Waals surface area contributed by atoms with Crippen LogP contribution in [-0.2, 0) is 26.0 Å². The molecule has 1 amide bonds. The van der Waals surface area contributed by atoms with Crippen LogP contribution < -0.4 is 10.0 Å². The second-order valence-corrected chi connectivity index (χ2v) is 7.36. The zero-order chi connectivity index (χ0) is 18.3. The third kappa shape index (κ3) is 5.61. The molecule has 0 spiro atoms. The van der Waals surface area contributed by atoms with Crippen LogP contribution in [0.15, 0.2) is 29.2 Å². The topological polar surface area (TPSA) is 113 Å². The average molecular weight is 356 g/mol. The van der Waals surface area contributed by atoms with Crippen molar-refractivity contribution in [3.8, 4) is 0 Å². The number of aliphatic carboxylic acids is 1. The Morgan fingerprint density at radius 2 is 1.75 bits per heavy atom. The molecule has 0 aliphatic carbocycles. The fourth-order valence-electron chi connectivity index (χ4n) is 2.15. The lowest BCUT2D eigenvalue weighted by molar-refractivity contribution is -0.143. The summed E-state index contributed by atoms with van der Waals surface area (Å²) in [6.45, 7) is 5.60. The van der Waals surface area contributed by atoms with E-state index in [1.165, 1.54) is 12.1 Å². The highest BCUT2D eigenvalue weighted by Gasteiger charge is 2.25. The first-order valence-corrected chi connectivity index (χ1v) is 9.30. The summed E-state index contributed by atoms with van der Waals surface area (Å²) in [6, 6.07) is 5.00. The molecule has 7 nitrogen and oxygen atoms in total. The maximum Gasteiger partial charge on any atom is 0.326 e. The van der Waals surface area contributed by atoms with Gasteiger partial charge in [-0.15, -0.1) is 0 Å². The third-order valence-electron chi connectivity index (χ3n) is 3.73. The number of benzene rings is 1. The van der Waals surface area contributed by atoms with E-state index in [0.717, 1.165) is 0 Å². The second-order valence-electron chi connectivity index (χ2n) is 5.59. The van der Waals surface area contributed by atoms with Crippen molar-refractivity contribution in [2.24, 2.45) is 5.92 Å². The number of hydrogen-bond acceptors (Lipinski definition) is 4. The van der Waals surface area contributed by atoms with Gasteiger partial charge in [0.15, 0.2) is 0 Å². The van der Waals surface area contributed by atoms with Crippen LogP contribution in [0.2, 0.25) is 0 Å². The van der Waals surface area contributed by atoms with Gasteiger partial charge in [0.05, 0.1) is 11.3 Å². The molecular formula is C16H24N2O5S. The number of carboxylic acid groups (broad SMARTS) is 1. The standard InChI is InChI=1S/C16H24N2O5S/c1-4-11(3)15(16(20)21)18-14(19)10-12-6-8-13(9-7-12)24(22,23)17-5-2/h6-9,11,15,17H,4-5,10H2,1-3H3,(H,18,19)(H,20,21). The van der Waals surface area contributed by atoms with Gasteiger partial charge in [-0.05, 0) is 23.6 Å². The van der Waals surface area contributed by atoms with E-state index in [-0.39, 0.29) is 17.2 Å². The Morgan fingerprint density at radius 3 is 2.21 bits per heavy atom. The van der Waals surface area contributed by atoms with Gasteiger partial charge in [0.2, 0.25) is 15.9 Å². The molecule has 0 aromatic heterocycles. The summed E-state index contributed by atoms with van der Waals surface area (Å²) < 4.78 is 26.1. The summed E-state index contributed by atoms with van der Waals surface area (Å²) in [5.74, 6) is -1.66. The Balaban J connectivity index is 2.76. The molecule has 1 aromatic rings. The van der Waals surface area contributed by atoms with Crippen LogP contribution in [0.5, 0.6) is 0 Å². The molecule has 8 heteroatoms. The van der Waals surface area contributed by atoms with E-state index in [4.69, 9.17) is 0 Å². The average Bonchev–Trinajstić information content (AvgIpc) is 2.52. The van der Waals surface area contributed by atoms with E-state index >= 15 is 0 Å². The predicted octanol–water partition coefficient (Wildman–Crippen LogP) is 1.14. The van der Waals surface area contributed by atoms with E-state index in [1.54, 1.807) is 26.0 Å². The van der Waals surface area contributed by atoms with Crippen molar-refractivity contribution in [2.45, 2.75) is 44.6 Å². The predicted molar refractivity (Wildman–Crippen MR) is 90.0 cm³/mol. The molecule has 0 fully saturated rings. The van der Waals surface area contributed by atoms with Gasteiger partial charge in [0.1, 0.15) is 6.04 Å². The molecule has 1 aromatic carbocycles. The minimum absolute atomic E-state index is 0.0122. The maximum absolute atomic E-state index is 12.0. The SMILES string of the molecule is CCNS(=O)(=O)c1ccc(CC(=O)NC(C(=O)O)C(C)CC)cc1. The van der Waals surface area contributed by atoms with E-state index < -0.39 is 27.9 Å². The van der Waals surface area contributed by atoms with E-state index in [9.17, 15) is 23.1 Å². The zero-order valence-electron chi connectivity index (χ0n) is 14.1. The fourth-order valence-corrected chi connectivity index (χ4v) is 3.19. The molecule has 0 saturated carbocycles. The molecule has 0 radical (unpaired) electrons. The fraction of sp³-hybridized carbons (Fsp3) is 0.500. The molecule has 1 rings (SSSR count). The van der Waals surface area contributed by atoms with Gasteiger partial charge in [0.25, 0.3) is 0 Å². The summed E-state index contributed by atoms with van der Waals surface area (Å²) in [7, 11) is -3.53. The number of hydrogen-bond donors (Lipinski definition) is 3. The first kappa shape index (κ1) is 20.1. The number of sulfonamides is 1. The summed E-state index contributed by atoms with van der Waals surface area (Å²) in [5.41, 5.74) is 0.608. The van der Waals surface area contributed by atoms with Gasteiger partial charge in [-0.25, -0.2) is 17.9 Å². The first-order chi connectivity index (χ1) is 11.2. The summed E-state index contributed by atoms with van der Waals surface area (Å²) in [6.07, 6.45) is 0.621. The van der Waals surface area contributed by atoms with Gasteiger partial charge >= 0.3 is 5.97 Å². The van der Waals surface area contributed by atoms with E-state index in [0.29, 0.717) is 18.5 Å². The quantitative estimate of drug-likeness (QED) is 0.614. The molecular weight excluding hydrogens is 332 g/mol. The summed E-state index contributed by atoms with van der Waals surface area (Å²) >= 11 is 0. The number of carbonyl (C=O) groups is 2. The number of carbonyl (C=O) groups excluding carboxylic acids is 1. The molecule has 24 heavy (non-hydrogen) atoms. The lowest BCUT2D eigenvalue weighted by atomic mass is 9.99. The number of carboxylic acids is 1. The highest BCUT2D eigenvalue weighted by molar-refractivity contribution is 7.89. The van der Waals surface area contributed by atoms with Gasteiger partial charge in [-0.1, -0.05) is 39.3 Å². The Bertz CT molecular complexity index is 670. The van der Waals surface area contributed by atoms with Crippen LogP contribution in [0, 0.1) is 5.92 Å². The highest BCUT2D eigenvalue weighted by atomic mass is 32.2. The minimum Gasteiger partial charge on any atom is -0.480 e. The number of rotatable bonds is 9. The van der Waals surface area contributed by atoms with Gasteiger partial charge in [-0.3, -0.25) is 4.79 Å². The lowest BCUT2D eigenvalue weighted by Crippen LogP contribution is -2.45. The van der Waals surface area contributed by atoms with Crippen LogP contribution in [-0.4, -0.2) is 38.0 Å². The Hall–Kier alpha value is -1.93. The molecule has 0 aliphatic rings. The molecule has 2 unspecified atom stereocenters. The van der Waals surface area contributed by atoms with Crippen LogP contribution in [0.3, 0.4) is 0 Å². The number of amides is 1. The number of nitrogens with one attached hydrogen (secondary N) is 2. The monoisotopic (exact) mass is 356 g/mol. The zero-order valence-corrected chi connectivity index (χ0v) is 14.9. The van der Waals surface area contributed by atoms with Crippen molar-refractivity contribution in [2.75, 3.05) is 6.54 Å². The molecule has 3 N–H and O–H groups in total. The normalized spacial score (nSPS) is 14.0. The van der Waals surface area contributed by atoms with E-state index in [1.807, 2.05) is 6.92 Å². The summed E-state index contributed by atoms with van der Waals surface area (Å²) in [4.78, 5) is 23.4. The maximum atomic E-state index is 12.0. The minimum atomic E-state index is -3.53. The second kappa shape index (κ2) is 8.79. The Labute approximate surface area is 142 Å². The largest absolute Gasteiger partial charge is 0.480 e. The highest BCUT2D eigenvalue weighted by Crippen LogP contribution is 2.12. The molecule has 2 atom stereocenters. The molecule has 0 saturated heterocycles. The Morgan fingerprint density at radius 1 is 1.17 bits per heavy atom. The molecule has 0 aliphatic heterocycles. The van der Waals surface area contributed by atoms with Crippen LogP contribution >= 0.6 is 0 Å². The Kier molecular flexibility index (Phi) is 7.37. The van der Waals surface area contributed by atoms with Crippen molar-refractivity contribution in [3.05, 3.63) is 29.8 Å². The molecule has 0 bridgehead atoms. The van der Waals surface area contributed by atoms with Gasteiger partial charge in [-0.2, -0.15) is 0 Å². The van der Waals surface area contributed by atoms with Crippen molar-refractivity contribution in [3.63, 3.8) is 0 Å². The van der Waals surface area contributed by atoms with Gasteiger partial charge < -0.3 is 10.4 Å². The van der Waals surface area contributed by atoms with Gasteiger partial charge in [0, 0.05) is 6.54 Å². The van der Waals surface area contributed by atoms with Crippen molar-refractivity contribution >= 4 is 21.9 Å². The smallest absolute Gasteiger partial charge is 0.326 e. The van der Waals surface area contributed by atoms with E-state index in [2.05, 4.69) is 10.0 Å². The lowest BCUT2D eigenvalue weighted by Gasteiger charge is -2.20. The molecule has 134 valence electrons. The van der Waals surface area contributed by atoms with Crippen molar-refractivity contribution in [1.82, 2.24) is 10.0 Å². The van der Waals surface area contributed by atoms with Crippen LogP contribution in [0.1, 0.15) is 32.8 Å². The summed E-state index contributed by atoms with van der Waals surface area (Å²) in [5, 5.41) is 11.7. The third-order valence-corrected chi connectivity index (χ3v) is 5.29. The van der Waals surface area contributed by atoms with Crippen molar-refractivity contribution < 1.29 is 23.1 Å². The van der Waals surface area contributed by atoms with Crippen molar-refractivity contribution in [1.29, 1.82) is 0 Å². The first-order valence-electron chi connectivity index (χ1n) is 7.82. The van der Waals surface area contributed by atoms with Crippen LogP contribution in [0.25, 0.3) is 0 Å². The van der Waals surface area contributed by atoms with Crippen LogP contribution in [0.4, 0.5) is 0 Å². The molecule has 0 heterocycles.